The van der Waals surface area contributed by atoms with Gasteiger partial charge in [-0.25, -0.2) is 4.98 Å². The Morgan fingerprint density at radius 3 is 2.50 bits per heavy atom. The van der Waals surface area contributed by atoms with Gasteiger partial charge in [-0.05, 0) is 43.9 Å². The molecule has 2 atom stereocenters. The number of thiazole rings is 1. The van der Waals surface area contributed by atoms with Gasteiger partial charge in [-0.15, -0.1) is 11.3 Å². The van der Waals surface area contributed by atoms with E-state index in [1.165, 1.54) is 4.70 Å². The van der Waals surface area contributed by atoms with E-state index in [9.17, 15) is 14.7 Å². The van der Waals surface area contributed by atoms with Gasteiger partial charge in [0, 0.05) is 6.42 Å². The topological polar surface area (TPSA) is 79.3 Å². The monoisotopic (exact) mass is 396 g/mol. The lowest BCUT2D eigenvalue weighted by atomic mass is 9.94. The maximum atomic E-state index is 12.4. The predicted octanol–water partition coefficient (Wildman–Crippen LogP) is 4.59. The minimum Gasteiger partial charge on any atom is -0.481 e. The van der Waals surface area contributed by atoms with Crippen molar-refractivity contribution in [2.45, 2.75) is 38.6 Å². The number of benzene rings is 2. The van der Waals surface area contributed by atoms with Crippen LogP contribution in [0.3, 0.4) is 0 Å². The Morgan fingerprint density at radius 1 is 1.07 bits per heavy atom. The number of carbonyl (C=O) groups is 2. The number of nitrogens with one attached hydrogen (secondary N) is 1. The third kappa shape index (κ3) is 5.16. The molecule has 0 saturated heterocycles. The Labute approximate surface area is 168 Å². The van der Waals surface area contributed by atoms with Gasteiger partial charge in [0.2, 0.25) is 5.91 Å². The molecule has 2 unspecified atom stereocenters. The Morgan fingerprint density at radius 2 is 1.79 bits per heavy atom. The van der Waals surface area contributed by atoms with Crippen molar-refractivity contribution in [1.29, 1.82) is 0 Å². The maximum absolute atomic E-state index is 12.4. The van der Waals surface area contributed by atoms with Gasteiger partial charge in [-0.1, -0.05) is 42.5 Å². The van der Waals surface area contributed by atoms with Crippen molar-refractivity contribution in [2.75, 3.05) is 0 Å². The molecule has 3 rings (SSSR count). The van der Waals surface area contributed by atoms with Crippen LogP contribution in [0.5, 0.6) is 0 Å². The molecule has 28 heavy (non-hydrogen) atoms. The first-order chi connectivity index (χ1) is 13.5. The number of hydrogen-bond donors (Lipinski definition) is 2. The number of aliphatic carboxylic acids is 1. The third-order valence-electron chi connectivity index (χ3n) is 4.75. The molecule has 1 aromatic heterocycles. The van der Waals surface area contributed by atoms with Crippen LogP contribution in [0, 0.1) is 5.92 Å². The van der Waals surface area contributed by atoms with Gasteiger partial charge in [-0.2, -0.15) is 0 Å². The van der Waals surface area contributed by atoms with E-state index in [1.807, 2.05) is 48.5 Å². The van der Waals surface area contributed by atoms with Crippen LogP contribution in [-0.4, -0.2) is 22.0 Å². The summed E-state index contributed by atoms with van der Waals surface area (Å²) < 4.78 is 1.18. The Hall–Kier alpha value is -2.73. The lowest BCUT2D eigenvalue weighted by Gasteiger charge is -2.23. The third-order valence-corrected chi connectivity index (χ3v) is 5.84. The fourth-order valence-corrected chi connectivity index (χ4v) is 4.14. The number of carbonyl (C=O) groups excluding carboxylic acids is 1. The smallest absolute Gasteiger partial charge is 0.308 e. The first-order valence-electron chi connectivity index (χ1n) is 9.46. The summed E-state index contributed by atoms with van der Waals surface area (Å²) in [5, 5.41) is 13.4. The zero-order valence-electron chi connectivity index (χ0n) is 15.8. The SMILES string of the molecule is CC(C(=O)O)C(NC(=O)CCCCc1nc2ccccc2s1)c1ccccc1. The van der Waals surface area contributed by atoms with Crippen LogP contribution >= 0.6 is 11.3 Å². The lowest BCUT2D eigenvalue weighted by Crippen LogP contribution is -2.35. The van der Waals surface area contributed by atoms with Gasteiger partial charge in [0.1, 0.15) is 0 Å². The van der Waals surface area contributed by atoms with Crippen LogP contribution in [0.1, 0.15) is 42.8 Å². The summed E-state index contributed by atoms with van der Waals surface area (Å²) in [6.07, 6.45) is 2.84. The average Bonchev–Trinajstić information content (AvgIpc) is 3.12. The zero-order chi connectivity index (χ0) is 19.9. The minimum absolute atomic E-state index is 0.119. The van der Waals surface area contributed by atoms with Crippen molar-refractivity contribution in [3.63, 3.8) is 0 Å². The second-order valence-electron chi connectivity index (χ2n) is 6.87. The van der Waals surface area contributed by atoms with Crippen LogP contribution in [0.4, 0.5) is 0 Å². The number of unbranched alkanes of at least 4 members (excludes halogenated alkanes) is 1. The van der Waals surface area contributed by atoms with Gasteiger partial charge in [0.15, 0.2) is 0 Å². The Bertz CT molecular complexity index is 906. The largest absolute Gasteiger partial charge is 0.481 e. The number of carboxylic acids is 1. The van der Waals surface area contributed by atoms with Crippen molar-refractivity contribution in [3.05, 3.63) is 65.2 Å². The molecule has 146 valence electrons. The number of para-hydroxylation sites is 1. The molecule has 1 heterocycles. The summed E-state index contributed by atoms with van der Waals surface area (Å²) in [6.45, 7) is 1.62. The fourth-order valence-electron chi connectivity index (χ4n) is 3.13. The molecule has 0 saturated carbocycles. The molecule has 6 heteroatoms. The molecule has 3 aromatic rings. The van der Waals surface area contributed by atoms with E-state index in [4.69, 9.17) is 0 Å². The summed E-state index contributed by atoms with van der Waals surface area (Å²) in [4.78, 5) is 28.4. The number of fused-ring (bicyclic) bond motifs is 1. The molecule has 2 N–H and O–H groups in total. The molecule has 1 amide bonds. The summed E-state index contributed by atoms with van der Waals surface area (Å²) in [5.74, 6) is -1.75. The van der Waals surface area contributed by atoms with Gasteiger partial charge in [0.25, 0.3) is 0 Å². The molecular weight excluding hydrogens is 372 g/mol. The van der Waals surface area contributed by atoms with Gasteiger partial charge >= 0.3 is 5.97 Å². The van der Waals surface area contributed by atoms with E-state index in [2.05, 4.69) is 16.4 Å². The molecular formula is C22H24N2O3S. The van der Waals surface area contributed by atoms with E-state index >= 15 is 0 Å². The Kier molecular flexibility index (Phi) is 6.76. The Balaban J connectivity index is 1.51. The van der Waals surface area contributed by atoms with Crippen molar-refractivity contribution in [3.8, 4) is 0 Å². The molecule has 0 bridgehead atoms. The number of aromatic nitrogens is 1. The first-order valence-corrected chi connectivity index (χ1v) is 10.3. The molecule has 0 aliphatic rings. The highest BCUT2D eigenvalue weighted by atomic mass is 32.1. The second-order valence-corrected chi connectivity index (χ2v) is 7.98. The first kappa shape index (κ1) is 20.0. The van der Waals surface area contributed by atoms with E-state index in [0.717, 1.165) is 35.4 Å². The summed E-state index contributed by atoms with van der Waals surface area (Å²) >= 11 is 1.69. The summed E-state index contributed by atoms with van der Waals surface area (Å²) in [6, 6.07) is 16.8. The van der Waals surface area contributed by atoms with Gasteiger partial charge in [-0.3, -0.25) is 9.59 Å². The number of aryl methyl sites for hydroxylation is 1. The lowest BCUT2D eigenvalue weighted by molar-refractivity contribution is -0.142. The van der Waals surface area contributed by atoms with Gasteiger partial charge in [0.05, 0.1) is 27.2 Å². The molecule has 0 radical (unpaired) electrons. The molecule has 2 aromatic carbocycles. The number of rotatable bonds is 9. The zero-order valence-corrected chi connectivity index (χ0v) is 16.6. The minimum atomic E-state index is -0.926. The summed E-state index contributed by atoms with van der Waals surface area (Å²) in [7, 11) is 0. The van der Waals surface area contributed by atoms with E-state index in [1.54, 1.807) is 18.3 Å². The van der Waals surface area contributed by atoms with Crippen LogP contribution in [-0.2, 0) is 16.0 Å². The summed E-state index contributed by atoms with van der Waals surface area (Å²) in [5.41, 5.74) is 1.83. The van der Waals surface area contributed by atoms with Crippen LogP contribution in [0.2, 0.25) is 0 Å². The molecule has 0 aliphatic carbocycles. The number of amides is 1. The van der Waals surface area contributed by atoms with Crippen LogP contribution < -0.4 is 5.32 Å². The highest BCUT2D eigenvalue weighted by Crippen LogP contribution is 2.24. The predicted molar refractivity (Wildman–Crippen MR) is 111 cm³/mol. The molecule has 0 aliphatic heterocycles. The number of nitrogens with zero attached hydrogens (tertiary/aromatic N) is 1. The second kappa shape index (κ2) is 9.46. The number of hydrogen-bond acceptors (Lipinski definition) is 4. The van der Waals surface area contributed by atoms with E-state index in [-0.39, 0.29) is 5.91 Å². The van der Waals surface area contributed by atoms with Crippen LogP contribution in [0.25, 0.3) is 10.2 Å². The van der Waals surface area contributed by atoms with Crippen molar-refractivity contribution >= 4 is 33.4 Å². The average molecular weight is 397 g/mol. The van der Waals surface area contributed by atoms with Crippen molar-refractivity contribution < 1.29 is 14.7 Å². The normalized spacial score (nSPS) is 13.2. The highest BCUT2D eigenvalue weighted by Gasteiger charge is 2.26. The van der Waals surface area contributed by atoms with Crippen molar-refractivity contribution in [2.24, 2.45) is 5.92 Å². The highest BCUT2D eigenvalue weighted by molar-refractivity contribution is 7.18. The van der Waals surface area contributed by atoms with E-state index < -0.39 is 17.9 Å². The standard InChI is InChI=1S/C22H24N2O3S/c1-15(22(26)27)21(16-9-3-2-4-10-16)24-19(25)13-7-8-14-20-23-17-11-5-6-12-18(17)28-20/h2-6,9-12,15,21H,7-8,13-14H2,1H3,(H,24,25)(H,26,27). The molecule has 0 fully saturated rings. The molecule has 0 spiro atoms. The maximum Gasteiger partial charge on any atom is 0.308 e. The molecule has 5 nitrogen and oxygen atoms in total. The fraction of sp³-hybridized carbons (Fsp3) is 0.318. The number of carboxylic acid groups (broad SMARTS) is 1. The van der Waals surface area contributed by atoms with E-state index in [0.29, 0.717) is 6.42 Å². The van der Waals surface area contributed by atoms with Crippen LogP contribution in [0.15, 0.2) is 54.6 Å². The quantitative estimate of drug-likeness (QED) is 0.519. The van der Waals surface area contributed by atoms with Gasteiger partial charge < -0.3 is 10.4 Å². The van der Waals surface area contributed by atoms with Crippen molar-refractivity contribution in [1.82, 2.24) is 10.3 Å².